The number of anilines is 3. The predicted octanol–water partition coefficient (Wildman–Crippen LogP) is 4.86. The molecule has 33 heavy (non-hydrogen) atoms. The molecule has 1 heterocycles. The third-order valence-corrected chi connectivity index (χ3v) is 5.74. The van der Waals surface area contributed by atoms with Crippen LogP contribution in [-0.2, 0) is 13.1 Å². The maximum Gasteiger partial charge on any atom is 0.229 e. The first-order valence-corrected chi connectivity index (χ1v) is 11.5. The summed E-state index contributed by atoms with van der Waals surface area (Å²) >= 11 is 0. The van der Waals surface area contributed by atoms with Crippen molar-refractivity contribution in [2.45, 2.75) is 51.2 Å². The average molecular weight is 449 g/mol. The third-order valence-electron chi connectivity index (χ3n) is 5.74. The number of nitrogens with zero attached hydrogens (tertiary/aromatic N) is 3. The van der Waals surface area contributed by atoms with Crippen LogP contribution >= 0.6 is 0 Å². The van der Waals surface area contributed by atoms with Gasteiger partial charge in [0.25, 0.3) is 0 Å². The summed E-state index contributed by atoms with van der Waals surface area (Å²) < 4.78 is 10.6. The van der Waals surface area contributed by atoms with Crippen molar-refractivity contribution < 1.29 is 9.47 Å². The highest BCUT2D eigenvalue weighted by Crippen LogP contribution is 2.22. The summed E-state index contributed by atoms with van der Waals surface area (Å²) in [6.07, 6.45) is 6.07. The van der Waals surface area contributed by atoms with Gasteiger partial charge in [-0.25, -0.2) is 0 Å². The van der Waals surface area contributed by atoms with Crippen LogP contribution in [0.25, 0.3) is 0 Å². The SMILES string of the molecule is COc1cccc(CNc2nc(NCc3cccc(OC)c3)nc(NC3CCCCC3)n2)c1. The van der Waals surface area contributed by atoms with E-state index in [2.05, 4.69) is 30.9 Å². The van der Waals surface area contributed by atoms with Crippen LogP contribution in [-0.4, -0.2) is 35.2 Å². The zero-order valence-electron chi connectivity index (χ0n) is 19.3. The molecule has 1 saturated carbocycles. The molecule has 0 unspecified atom stereocenters. The lowest BCUT2D eigenvalue weighted by Gasteiger charge is -2.23. The normalized spacial score (nSPS) is 13.9. The van der Waals surface area contributed by atoms with Crippen molar-refractivity contribution in [1.29, 1.82) is 0 Å². The molecular formula is C25H32N6O2. The molecule has 4 rings (SSSR count). The maximum atomic E-state index is 5.32. The largest absolute Gasteiger partial charge is 0.497 e. The van der Waals surface area contributed by atoms with E-state index in [1.165, 1.54) is 19.3 Å². The van der Waals surface area contributed by atoms with Crippen LogP contribution in [0.1, 0.15) is 43.2 Å². The van der Waals surface area contributed by atoms with Crippen molar-refractivity contribution in [3.05, 3.63) is 59.7 Å². The minimum absolute atomic E-state index is 0.401. The molecule has 0 atom stereocenters. The molecule has 0 bridgehead atoms. The van der Waals surface area contributed by atoms with Crippen molar-refractivity contribution in [3.63, 3.8) is 0 Å². The lowest BCUT2D eigenvalue weighted by molar-refractivity contribution is 0.414. The number of hydrogen-bond acceptors (Lipinski definition) is 8. The van der Waals surface area contributed by atoms with Crippen molar-refractivity contribution in [3.8, 4) is 11.5 Å². The highest BCUT2D eigenvalue weighted by Gasteiger charge is 2.16. The molecule has 8 heteroatoms. The number of benzene rings is 2. The minimum atomic E-state index is 0.401. The molecule has 1 aliphatic carbocycles. The molecule has 174 valence electrons. The Balaban J connectivity index is 1.48. The van der Waals surface area contributed by atoms with Crippen LogP contribution in [0, 0.1) is 0 Å². The van der Waals surface area contributed by atoms with Gasteiger partial charge in [0.15, 0.2) is 0 Å². The summed E-state index contributed by atoms with van der Waals surface area (Å²) in [6, 6.07) is 16.3. The predicted molar refractivity (Wildman–Crippen MR) is 131 cm³/mol. The van der Waals surface area contributed by atoms with E-state index in [4.69, 9.17) is 9.47 Å². The molecule has 3 N–H and O–H groups in total. The molecule has 0 aliphatic heterocycles. The highest BCUT2D eigenvalue weighted by molar-refractivity contribution is 5.44. The van der Waals surface area contributed by atoms with Crippen LogP contribution in [0.15, 0.2) is 48.5 Å². The lowest BCUT2D eigenvalue weighted by Crippen LogP contribution is -2.24. The monoisotopic (exact) mass is 448 g/mol. The Morgan fingerprint density at radius 2 is 1.24 bits per heavy atom. The van der Waals surface area contributed by atoms with Gasteiger partial charge in [0.2, 0.25) is 17.8 Å². The molecule has 0 saturated heterocycles. The van der Waals surface area contributed by atoms with Crippen LogP contribution in [0.5, 0.6) is 11.5 Å². The van der Waals surface area contributed by atoms with Gasteiger partial charge in [-0.1, -0.05) is 43.5 Å². The van der Waals surface area contributed by atoms with Crippen molar-refractivity contribution in [1.82, 2.24) is 15.0 Å². The van der Waals surface area contributed by atoms with E-state index in [1.807, 2.05) is 48.5 Å². The quantitative estimate of drug-likeness (QED) is 0.405. The second-order valence-corrected chi connectivity index (χ2v) is 8.20. The van der Waals surface area contributed by atoms with Crippen molar-refractivity contribution in [2.75, 3.05) is 30.2 Å². The first-order chi connectivity index (χ1) is 16.2. The van der Waals surface area contributed by atoms with E-state index in [0.29, 0.717) is 37.0 Å². The molecule has 0 spiro atoms. The first kappa shape index (κ1) is 22.6. The van der Waals surface area contributed by atoms with Gasteiger partial charge in [0.05, 0.1) is 14.2 Å². The molecule has 8 nitrogen and oxygen atoms in total. The van der Waals surface area contributed by atoms with E-state index >= 15 is 0 Å². The molecular weight excluding hydrogens is 416 g/mol. The highest BCUT2D eigenvalue weighted by atomic mass is 16.5. The third kappa shape index (κ3) is 6.71. The fourth-order valence-corrected chi connectivity index (χ4v) is 3.96. The Kier molecular flexibility index (Phi) is 7.79. The Bertz CT molecular complexity index is 969. The molecule has 0 amide bonds. The second kappa shape index (κ2) is 11.4. The summed E-state index contributed by atoms with van der Waals surface area (Å²) in [4.78, 5) is 13.9. The van der Waals surface area contributed by atoms with Crippen molar-refractivity contribution in [2.24, 2.45) is 0 Å². The first-order valence-electron chi connectivity index (χ1n) is 11.5. The summed E-state index contributed by atoms with van der Waals surface area (Å²) in [7, 11) is 3.34. The van der Waals surface area contributed by atoms with Crippen LogP contribution < -0.4 is 25.4 Å². The standard InChI is InChI=1S/C25H32N6O2/c1-32-21-12-6-8-18(14-21)16-26-23-29-24(27-17-19-9-7-13-22(15-19)33-2)31-25(30-23)28-20-10-4-3-5-11-20/h6-9,12-15,20H,3-5,10-11,16-17H2,1-2H3,(H3,26,27,28,29,30,31). The fourth-order valence-electron chi connectivity index (χ4n) is 3.96. The lowest BCUT2D eigenvalue weighted by atomic mass is 9.96. The summed E-state index contributed by atoms with van der Waals surface area (Å²) in [5, 5.41) is 10.2. The molecule has 1 aliphatic rings. The summed E-state index contributed by atoms with van der Waals surface area (Å²) in [6.45, 7) is 1.17. The second-order valence-electron chi connectivity index (χ2n) is 8.20. The van der Waals surface area contributed by atoms with Gasteiger partial charge in [-0.2, -0.15) is 15.0 Å². The minimum Gasteiger partial charge on any atom is -0.497 e. The molecule has 1 aromatic heterocycles. The number of hydrogen-bond donors (Lipinski definition) is 3. The molecule has 2 aromatic carbocycles. The fraction of sp³-hybridized carbons (Fsp3) is 0.400. The van der Waals surface area contributed by atoms with E-state index in [1.54, 1.807) is 14.2 Å². The molecule has 0 radical (unpaired) electrons. The van der Waals surface area contributed by atoms with Gasteiger partial charge in [0.1, 0.15) is 11.5 Å². The van der Waals surface area contributed by atoms with Gasteiger partial charge in [-0.15, -0.1) is 0 Å². The van der Waals surface area contributed by atoms with Gasteiger partial charge in [0, 0.05) is 19.1 Å². The molecule has 1 fully saturated rings. The number of ether oxygens (including phenoxy) is 2. The van der Waals surface area contributed by atoms with Crippen LogP contribution in [0.4, 0.5) is 17.8 Å². The Morgan fingerprint density at radius 1 is 0.727 bits per heavy atom. The van der Waals surface area contributed by atoms with E-state index < -0.39 is 0 Å². The van der Waals surface area contributed by atoms with Gasteiger partial charge in [-0.05, 0) is 48.2 Å². The Morgan fingerprint density at radius 3 is 1.76 bits per heavy atom. The Labute approximate surface area is 195 Å². The van der Waals surface area contributed by atoms with E-state index in [-0.39, 0.29) is 0 Å². The number of rotatable bonds is 10. The zero-order valence-corrected chi connectivity index (χ0v) is 19.3. The van der Waals surface area contributed by atoms with Crippen LogP contribution in [0.3, 0.4) is 0 Å². The molecule has 3 aromatic rings. The van der Waals surface area contributed by atoms with Crippen LogP contribution in [0.2, 0.25) is 0 Å². The van der Waals surface area contributed by atoms with E-state index in [0.717, 1.165) is 35.5 Å². The Hall–Kier alpha value is -3.55. The topological polar surface area (TPSA) is 93.2 Å². The van der Waals surface area contributed by atoms with E-state index in [9.17, 15) is 0 Å². The number of methoxy groups -OCH3 is 2. The van der Waals surface area contributed by atoms with Gasteiger partial charge < -0.3 is 25.4 Å². The maximum absolute atomic E-state index is 5.32. The number of aromatic nitrogens is 3. The average Bonchev–Trinajstić information content (AvgIpc) is 2.87. The van der Waals surface area contributed by atoms with Crippen molar-refractivity contribution >= 4 is 17.8 Å². The number of nitrogens with one attached hydrogen (secondary N) is 3. The zero-order chi connectivity index (χ0) is 22.9. The summed E-state index contributed by atoms with van der Waals surface area (Å²) in [5.74, 6) is 3.30. The smallest absolute Gasteiger partial charge is 0.229 e. The summed E-state index contributed by atoms with van der Waals surface area (Å²) in [5.41, 5.74) is 2.17. The van der Waals surface area contributed by atoms with Gasteiger partial charge >= 0.3 is 0 Å². The van der Waals surface area contributed by atoms with Gasteiger partial charge in [-0.3, -0.25) is 0 Å².